The Labute approximate surface area is 158 Å². The maximum Gasteiger partial charge on any atom is 0.191 e. The van der Waals surface area contributed by atoms with E-state index in [2.05, 4.69) is 37.3 Å². The average molecular weight is 361 g/mol. The first-order chi connectivity index (χ1) is 12.8. The molecule has 1 saturated carbocycles. The fourth-order valence-corrected chi connectivity index (χ4v) is 4.36. The minimum atomic E-state index is 0.576. The molecule has 1 aromatic heterocycles. The smallest absolute Gasteiger partial charge is 0.191 e. The van der Waals surface area contributed by atoms with E-state index in [9.17, 15) is 0 Å². The Kier molecular flexibility index (Phi) is 7.32. The number of nitrogens with zero attached hydrogens (tertiary/aromatic N) is 4. The predicted molar refractivity (Wildman–Crippen MR) is 106 cm³/mol. The van der Waals surface area contributed by atoms with Gasteiger partial charge in [0.25, 0.3) is 0 Å². The molecule has 0 saturated heterocycles. The maximum absolute atomic E-state index is 4.43. The molecule has 2 aliphatic rings. The number of nitrogens with one attached hydrogen (secondary N) is 2. The van der Waals surface area contributed by atoms with Crippen LogP contribution in [0.3, 0.4) is 0 Å². The summed E-state index contributed by atoms with van der Waals surface area (Å²) in [4.78, 5) is 4.41. The summed E-state index contributed by atoms with van der Waals surface area (Å²) in [5, 5.41) is 15.9. The van der Waals surface area contributed by atoms with E-state index in [1.807, 2.05) is 7.05 Å². The van der Waals surface area contributed by atoms with Crippen LogP contribution in [-0.2, 0) is 19.4 Å². The van der Waals surface area contributed by atoms with Crippen LogP contribution in [0.25, 0.3) is 0 Å². The summed E-state index contributed by atoms with van der Waals surface area (Å²) >= 11 is 0. The Morgan fingerprint density at radius 1 is 1.19 bits per heavy atom. The Morgan fingerprint density at radius 3 is 2.96 bits per heavy atom. The van der Waals surface area contributed by atoms with Crippen molar-refractivity contribution < 1.29 is 0 Å². The van der Waals surface area contributed by atoms with Crippen molar-refractivity contribution in [2.45, 2.75) is 90.1 Å². The number of rotatable bonds is 6. The molecular weight excluding hydrogens is 324 g/mol. The molecule has 0 amide bonds. The zero-order valence-corrected chi connectivity index (χ0v) is 16.6. The highest BCUT2D eigenvalue weighted by atomic mass is 15.3. The van der Waals surface area contributed by atoms with Crippen molar-refractivity contribution in [2.24, 2.45) is 10.9 Å². The number of hydrogen-bond acceptors (Lipinski definition) is 3. The standard InChI is InChI=1S/C20H36N6/c1-3-16-9-7-10-17(15-16)23-20(21-2)22-13-8-12-19-25-24-18-11-5-4-6-14-26(18)19/h16-17H,3-15H2,1-2H3,(H2,21,22,23). The van der Waals surface area contributed by atoms with Crippen molar-refractivity contribution >= 4 is 5.96 Å². The number of fused-ring (bicyclic) bond motifs is 1. The van der Waals surface area contributed by atoms with E-state index in [-0.39, 0.29) is 0 Å². The van der Waals surface area contributed by atoms with E-state index < -0.39 is 0 Å². The van der Waals surface area contributed by atoms with Gasteiger partial charge in [-0.15, -0.1) is 10.2 Å². The van der Waals surface area contributed by atoms with Crippen LogP contribution in [0.1, 0.15) is 76.4 Å². The molecule has 1 aromatic rings. The minimum Gasteiger partial charge on any atom is -0.356 e. The molecule has 146 valence electrons. The van der Waals surface area contributed by atoms with Crippen LogP contribution < -0.4 is 10.6 Å². The third kappa shape index (κ3) is 5.21. The van der Waals surface area contributed by atoms with Crippen LogP contribution in [0, 0.1) is 5.92 Å². The Hall–Kier alpha value is -1.59. The summed E-state index contributed by atoms with van der Waals surface area (Å²) in [7, 11) is 1.87. The second-order valence-electron chi connectivity index (χ2n) is 7.88. The number of hydrogen-bond donors (Lipinski definition) is 2. The second-order valence-corrected chi connectivity index (χ2v) is 7.88. The van der Waals surface area contributed by atoms with Gasteiger partial charge in [0.15, 0.2) is 5.96 Å². The van der Waals surface area contributed by atoms with Crippen LogP contribution >= 0.6 is 0 Å². The zero-order valence-electron chi connectivity index (χ0n) is 16.6. The highest BCUT2D eigenvalue weighted by molar-refractivity contribution is 5.79. The van der Waals surface area contributed by atoms with E-state index in [1.165, 1.54) is 57.2 Å². The van der Waals surface area contributed by atoms with E-state index in [1.54, 1.807) is 0 Å². The van der Waals surface area contributed by atoms with Gasteiger partial charge in [0.05, 0.1) is 0 Å². The first-order valence-electron chi connectivity index (χ1n) is 10.7. The molecule has 2 atom stereocenters. The monoisotopic (exact) mass is 360 g/mol. The zero-order chi connectivity index (χ0) is 18.2. The lowest BCUT2D eigenvalue weighted by Gasteiger charge is -2.30. The van der Waals surface area contributed by atoms with Crippen LogP contribution in [-0.4, -0.2) is 40.4 Å². The van der Waals surface area contributed by atoms with Crippen molar-refractivity contribution in [3.05, 3.63) is 11.6 Å². The molecule has 6 heteroatoms. The third-order valence-corrected chi connectivity index (χ3v) is 5.98. The molecule has 2 heterocycles. The van der Waals surface area contributed by atoms with E-state index in [0.29, 0.717) is 6.04 Å². The molecule has 26 heavy (non-hydrogen) atoms. The molecule has 1 aliphatic carbocycles. The number of aromatic nitrogens is 3. The third-order valence-electron chi connectivity index (χ3n) is 5.98. The fourth-order valence-electron chi connectivity index (χ4n) is 4.36. The summed E-state index contributed by atoms with van der Waals surface area (Å²) in [6.07, 6.45) is 13.5. The first kappa shape index (κ1) is 19.2. The number of aryl methyl sites for hydroxylation is 2. The summed E-state index contributed by atoms with van der Waals surface area (Å²) in [5.74, 6) is 4.17. The largest absolute Gasteiger partial charge is 0.356 e. The van der Waals surface area contributed by atoms with Crippen molar-refractivity contribution in [3.8, 4) is 0 Å². The summed E-state index contributed by atoms with van der Waals surface area (Å²) < 4.78 is 2.35. The lowest BCUT2D eigenvalue weighted by Crippen LogP contribution is -2.45. The van der Waals surface area contributed by atoms with Crippen molar-refractivity contribution in [1.29, 1.82) is 0 Å². The normalized spacial score (nSPS) is 24.0. The Bertz CT molecular complexity index is 579. The quantitative estimate of drug-likeness (QED) is 0.465. The molecule has 6 nitrogen and oxygen atoms in total. The van der Waals surface area contributed by atoms with Crippen molar-refractivity contribution in [2.75, 3.05) is 13.6 Å². The molecule has 0 aromatic carbocycles. The van der Waals surface area contributed by atoms with E-state index in [0.717, 1.165) is 50.1 Å². The summed E-state index contributed by atoms with van der Waals surface area (Å²) in [5.41, 5.74) is 0. The van der Waals surface area contributed by atoms with Crippen LogP contribution in [0.5, 0.6) is 0 Å². The van der Waals surface area contributed by atoms with E-state index >= 15 is 0 Å². The van der Waals surface area contributed by atoms with Gasteiger partial charge in [-0.2, -0.15) is 0 Å². The van der Waals surface area contributed by atoms with Crippen LogP contribution in [0.4, 0.5) is 0 Å². The lowest BCUT2D eigenvalue weighted by molar-refractivity contribution is 0.298. The summed E-state index contributed by atoms with van der Waals surface area (Å²) in [6.45, 7) is 4.33. The molecule has 3 rings (SSSR count). The maximum atomic E-state index is 4.43. The van der Waals surface area contributed by atoms with E-state index in [4.69, 9.17) is 0 Å². The highest BCUT2D eigenvalue weighted by Crippen LogP contribution is 2.26. The number of guanidine groups is 1. The van der Waals surface area contributed by atoms with Gasteiger partial charge in [-0.05, 0) is 38.0 Å². The van der Waals surface area contributed by atoms with Gasteiger partial charge in [-0.25, -0.2) is 0 Å². The Balaban J connectivity index is 1.40. The van der Waals surface area contributed by atoms with Gasteiger partial charge < -0.3 is 15.2 Å². The van der Waals surface area contributed by atoms with Gasteiger partial charge in [0.1, 0.15) is 11.6 Å². The molecule has 2 unspecified atom stereocenters. The topological polar surface area (TPSA) is 67.1 Å². The van der Waals surface area contributed by atoms with Crippen LogP contribution in [0.15, 0.2) is 4.99 Å². The molecule has 0 spiro atoms. The van der Waals surface area contributed by atoms with Gasteiger partial charge in [0, 0.05) is 39.0 Å². The molecule has 0 radical (unpaired) electrons. The molecular formula is C20H36N6. The summed E-state index contributed by atoms with van der Waals surface area (Å²) in [6, 6.07) is 0.576. The predicted octanol–water partition coefficient (Wildman–Crippen LogP) is 3.07. The van der Waals surface area contributed by atoms with Crippen molar-refractivity contribution in [1.82, 2.24) is 25.4 Å². The average Bonchev–Trinajstić information content (AvgIpc) is 2.90. The van der Waals surface area contributed by atoms with Crippen molar-refractivity contribution in [3.63, 3.8) is 0 Å². The van der Waals surface area contributed by atoms with Gasteiger partial charge in [-0.1, -0.05) is 32.6 Å². The first-order valence-corrected chi connectivity index (χ1v) is 10.7. The molecule has 1 aliphatic heterocycles. The Morgan fingerprint density at radius 2 is 2.12 bits per heavy atom. The van der Waals surface area contributed by atoms with Gasteiger partial charge >= 0.3 is 0 Å². The molecule has 1 fully saturated rings. The second kappa shape index (κ2) is 9.93. The number of aliphatic imine (C=N–C) groups is 1. The molecule has 2 N–H and O–H groups in total. The SMILES string of the molecule is CCC1CCCC(NC(=NC)NCCCc2nnc3n2CCCCC3)C1. The minimum absolute atomic E-state index is 0.576. The molecule has 0 bridgehead atoms. The lowest BCUT2D eigenvalue weighted by atomic mass is 9.84. The fraction of sp³-hybridized carbons (Fsp3) is 0.850. The van der Waals surface area contributed by atoms with Gasteiger partial charge in [0.2, 0.25) is 0 Å². The van der Waals surface area contributed by atoms with Crippen LogP contribution in [0.2, 0.25) is 0 Å². The highest BCUT2D eigenvalue weighted by Gasteiger charge is 2.21. The van der Waals surface area contributed by atoms with Gasteiger partial charge in [-0.3, -0.25) is 4.99 Å².